The van der Waals surface area contributed by atoms with Crippen molar-refractivity contribution in [2.24, 2.45) is 0 Å². The fraction of sp³-hybridized carbons (Fsp3) is 0.533. The van der Waals surface area contributed by atoms with Crippen LogP contribution >= 0.6 is 23.4 Å². The van der Waals surface area contributed by atoms with Crippen LogP contribution in [0.25, 0.3) is 0 Å². The number of rotatable bonds is 5. The van der Waals surface area contributed by atoms with Crippen molar-refractivity contribution in [3.63, 3.8) is 0 Å². The molecule has 22 heavy (non-hydrogen) atoms. The molecule has 7 heteroatoms. The highest BCUT2D eigenvalue weighted by molar-refractivity contribution is 8.00. The van der Waals surface area contributed by atoms with Crippen molar-refractivity contribution in [2.45, 2.75) is 30.6 Å². The molecule has 1 aliphatic heterocycles. The summed E-state index contributed by atoms with van der Waals surface area (Å²) in [5, 5.41) is 15.4. The summed E-state index contributed by atoms with van der Waals surface area (Å²) < 4.78 is 13.4. The van der Waals surface area contributed by atoms with E-state index in [2.05, 4.69) is 17.6 Å². The van der Waals surface area contributed by atoms with Gasteiger partial charge in [-0.25, -0.2) is 9.18 Å². The zero-order chi connectivity index (χ0) is 16.2. The molecule has 1 fully saturated rings. The molecule has 1 aromatic rings. The molecule has 4 nitrogen and oxygen atoms in total. The lowest BCUT2D eigenvalue weighted by Gasteiger charge is -2.23. The van der Waals surface area contributed by atoms with E-state index in [9.17, 15) is 14.3 Å². The minimum Gasteiger partial charge on any atom is -0.387 e. The molecular formula is C15H20ClFN2O2S. The van der Waals surface area contributed by atoms with Crippen molar-refractivity contribution in [1.29, 1.82) is 0 Å². The summed E-state index contributed by atoms with van der Waals surface area (Å²) in [4.78, 5) is 11.8. The normalized spacial score (nSPS) is 22.4. The third kappa shape index (κ3) is 4.76. The van der Waals surface area contributed by atoms with E-state index in [0.717, 1.165) is 12.2 Å². The number of aliphatic hydroxyl groups is 1. The zero-order valence-electron chi connectivity index (χ0n) is 12.4. The van der Waals surface area contributed by atoms with Gasteiger partial charge in [-0.05, 0) is 43.2 Å². The van der Waals surface area contributed by atoms with Gasteiger partial charge < -0.3 is 15.7 Å². The van der Waals surface area contributed by atoms with Gasteiger partial charge in [0.1, 0.15) is 5.82 Å². The summed E-state index contributed by atoms with van der Waals surface area (Å²) in [6, 6.07) is 3.75. The number of benzene rings is 1. The molecule has 2 amide bonds. The number of hydrogen-bond donors (Lipinski definition) is 3. The van der Waals surface area contributed by atoms with Crippen LogP contribution in [-0.2, 0) is 0 Å². The van der Waals surface area contributed by atoms with Gasteiger partial charge >= 0.3 is 6.03 Å². The summed E-state index contributed by atoms with van der Waals surface area (Å²) in [7, 11) is 0. The summed E-state index contributed by atoms with van der Waals surface area (Å²) >= 11 is 7.46. The van der Waals surface area contributed by atoms with E-state index < -0.39 is 11.9 Å². The zero-order valence-corrected chi connectivity index (χ0v) is 13.9. The number of hydrogen-bond acceptors (Lipinski definition) is 3. The highest BCUT2D eigenvalue weighted by atomic mass is 35.5. The SMILES string of the molecule is CC1(CNC(=O)NCC(O)c2ccc(Cl)c(F)c2)CCCS1. The van der Waals surface area contributed by atoms with Gasteiger partial charge in [0.25, 0.3) is 0 Å². The second-order valence-corrected chi connectivity index (χ2v) is 7.74. The topological polar surface area (TPSA) is 61.4 Å². The van der Waals surface area contributed by atoms with Crippen LogP contribution in [0.4, 0.5) is 9.18 Å². The van der Waals surface area contributed by atoms with E-state index in [1.807, 2.05) is 11.8 Å². The molecule has 2 atom stereocenters. The fourth-order valence-corrected chi connectivity index (χ4v) is 3.69. The molecule has 2 rings (SSSR count). The van der Waals surface area contributed by atoms with Crippen molar-refractivity contribution in [1.82, 2.24) is 10.6 Å². The van der Waals surface area contributed by atoms with Gasteiger partial charge in [-0.3, -0.25) is 0 Å². The average Bonchev–Trinajstić information content (AvgIpc) is 2.93. The van der Waals surface area contributed by atoms with Crippen LogP contribution in [0.15, 0.2) is 18.2 Å². The first kappa shape index (κ1) is 17.4. The third-order valence-electron chi connectivity index (χ3n) is 3.71. The van der Waals surface area contributed by atoms with Gasteiger partial charge in [0.2, 0.25) is 0 Å². The Morgan fingerprint density at radius 1 is 1.55 bits per heavy atom. The van der Waals surface area contributed by atoms with Crippen molar-refractivity contribution in [3.8, 4) is 0 Å². The molecule has 2 unspecified atom stereocenters. The lowest BCUT2D eigenvalue weighted by atomic mass is 10.1. The lowest BCUT2D eigenvalue weighted by molar-refractivity contribution is 0.172. The van der Waals surface area contributed by atoms with Gasteiger partial charge in [-0.1, -0.05) is 17.7 Å². The summed E-state index contributed by atoms with van der Waals surface area (Å²) in [6.07, 6.45) is 1.28. The molecule has 3 N–H and O–H groups in total. The standard InChI is InChI=1S/C15H20ClFN2O2S/c1-15(5-2-6-22-15)9-19-14(21)18-8-13(20)10-3-4-11(16)12(17)7-10/h3-4,7,13,20H,2,5-6,8-9H2,1H3,(H2,18,19,21). The van der Waals surface area contributed by atoms with Crippen LogP contribution in [-0.4, -0.2) is 34.7 Å². The molecule has 122 valence electrons. The van der Waals surface area contributed by atoms with Crippen LogP contribution < -0.4 is 10.6 Å². The maximum Gasteiger partial charge on any atom is 0.314 e. The highest BCUT2D eigenvalue weighted by Crippen LogP contribution is 2.36. The number of aliphatic hydroxyl groups excluding tert-OH is 1. The average molecular weight is 347 g/mol. The second-order valence-electron chi connectivity index (χ2n) is 5.65. The van der Waals surface area contributed by atoms with E-state index in [-0.39, 0.29) is 22.3 Å². The maximum atomic E-state index is 13.3. The van der Waals surface area contributed by atoms with Crippen LogP contribution in [0.1, 0.15) is 31.4 Å². The van der Waals surface area contributed by atoms with Crippen molar-refractivity contribution < 1.29 is 14.3 Å². The predicted octanol–water partition coefficient (Wildman–Crippen LogP) is 3.10. The minimum atomic E-state index is -0.978. The van der Waals surface area contributed by atoms with E-state index in [0.29, 0.717) is 12.1 Å². The Bertz CT molecular complexity index is 538. The van der Waals surface area contributed by atoms with Gasteiger partial charge in [0.05, 0.1) is 11.1 Å². The Hall–Kier alpha value is -0.980. The van der Waals surface area contributed by atoms with E-state index in [1.165, 1.54) is 24.6 Å². The second kappa shape index (κ2) is 7.53. The molecule has 1 saturated heterocycles. The van der Waals surface area contributed by atoms with Crippen LogP contribution in [0.5, 0.6) is 0 Å². The first-order valence-electron chi connectivity index (χ1n) is 7.18. The third-order valence-corrected chi connectivity index (χ3v) is 5.55. The van der Waals surface area contributed by atoms with Crippen molar-refractivity contribution >= 4 is 29.4 Å². The Labute approximate surface area is 138 Å². The smallest absolute Gasteiger partial charge is 0.314 e. The number of halogens is 2. The predicted molar refractivity (Wildman–Crippen MR) is 87.9 cm³/mol. The number of carbonyl (C=O) groups is 1. The first-order chi connectivity index (χ1) is 10.4. The number of carbonyl (C=O) groups excluding carboxylic acids is 1. The monoisotopic (exact) mass is 346 g/mol. The number of amides is 2. The molecule has 0 aliphatic carbocycles. The van der Waals surface area contributed by atoms with Gasteiger partial charge in [-0.2, -0.15) is 11.8 Å². The number of urea groups is 1. The van der Waals surface area contributed by atoms with Gasteiger partial charge in [0, 0.05) is 17.8 Å². The first-order valence-corrected chi connectivity index (χ1v) is 8.55. The minimum absolute atomic E-state index is 0.00367. The van der Waals surface area contributed by atoms with E-state index in [4.69, 9.17) is 11.6 Å². The van der Waals surface area contributed by atoms with Crippen molar-refractivity contribution in [3.05, 3.63) is 34.6 Å². The van der Waals surface area contributed by atoms with Crippen molar-refractivity contribution in [2.75, 3.05) is 18.8 Å². The molecule has 1 aromatic carbocycles. The molecule has 0 saturated carbocycles. The Kier molecular flexibility index (Phi) is 5.94. The summed E-state index contributed by atoms with van der Waals surface area (Å²) in [6.45, 7) is 2.74. The van der Waals surface area contributed by atoms with Gasteiger partial charge in [-0.15, -0.1) is 0 Å². The fourth-order valence-electron chi connectivity index (χ4n) is 2.33. The number of nitrogens with one attached hydrogen (secondary N) is 2. The van der Waals surface area contributed by atoms with Gasteiger partial charge in [0.15, 0.2) is 0 Å². The van der Waals surface area contributed by atoms with E-state index >= 15 is 0 Å². The van der Waals surface area contributed by atoms with Crippen LogP contribution in [0.2, 0.25) is 5.02 Å². The highest BCUT2D eigenvalue weighted by Gasteiger charge is 2.29. The Morgan fingerprint density at radius 2 is 2.32 bits per heavy atom. The molecule has 0 spiro atoms. The van der Waals surface area contributed by atoms with Crippen LogP contribution in [0.3, 0.4) is 0 Å². The summed E-state index contributed by atoms with van der Waals surface area (Å²) in [5.41, 5.74) is 0.375. The summed E-state index contributed by atoms with van der Waals surface area (Å²) in [5.74, 6) is 0.537. The molecular weight excluding hydrogens is 327 g/mol. The lowest BCUT2D eigenvalue weighted by Crippen LogP contribution is -2.43. The molecule has 1 heterocycles. The van der Waals surface area contributed by atoms with Crippen LogP contribution in [0, 0.1) is 5.82 Å². The molecule has 0 bridgehead atoms. The Morgan fingerprint density at radius 3 is 2.95 bits per heavy atom. The molecule has 0 aromatic heterocycles. The van der Waals surface area contributed by atoms with E-state index in [1.54, 1.807) is 0 Å². The number of thioether (sulfide) groups is 1. The largest absolute Gasteiger partial charge is 0.387 e. The Balaban J connectivity index is 1.76. The maximum absolute atomic E-state index is 13.3. The molecule has 1 aliphatic rings. The molecule has 0 radical (unpaired) electrons. The quantitative estimate of drug-likeness (QED) is 0.767.